The number of benzene rings is 1. The highest BCUT2D eigenvalue weighted by molar-refractivity contribution is 14.0. The fourth-order valence-corrected chi connectivity index (χ4v) is 3.07. The number of nitrogens with zero attached hydrogens (tertiary/aromatic N) is 2. The van der Waals surface area contributed by atoms with E-state index in [4.69, 9.17) is 9.73 Å². The Hall–Kier alpha value is -0.820. The summed E-state index contributed by atoms with van der Waals surface area (Å²) in [5.74, 6) is 1.86. The average molecular weight is 459 g/mol. The van der Waals surface area contributed by atoms with Gasteiger partial charge in [0.05, 0.1) is 6.61 Å². The van der Waals surface area contributed by atoms with E-state index in [1.165, 1.54) is 18.4 Å². The van der Waals surface area contributed by atoms with Gasteiger partial charge in [-0.1, -0.05) is 37.3 Å². The average Bonchev–Trinajstić information content (AvgIpc) is 2.61. The van der Waals surface area contributed by atoms with E-state index in [0.717, 1.165) is 57.5 Å². The van der Waals surface area contributed by atoms with Crippen LogP contribution in [0.5, 0.6) is 0 Å². The quantitative estimate of drug-likeness (QED) is 0.273. The minimum atomic E-state index is 0. The topological polar surface area (TPSA) is 36.9 Å². The third-order valence-electron chi connectivity index (χ3n) is 4.36. The molecule has 1 aromatic carbocycles. The highest BCUT2D eigenvalue weighted by Crippen LogP contribution is 2.15. The number of unbranched alkanes of at least 4 members (excludes halogenated alkanes) is 1. The van der Waals surface area contributed by atoms with Crippen LogP contribution in [0.25, 0.3) is 0 Å². The Morgan fingerprint density at radius 1 is 1.28 bits per heavy atom. The highest BCUT2D eigenvalue weighted by Gasteiger charge is 2.18. The Balaban J connectivity index is 0.00000312. The summed E-state index contributed by atoms with van der Waals surface area (Å²) >= 11 is 0. The molecule has 1 atom stereocenters. The molecule has 25 heavy (non-hydrogen) atoms. The minimum Gasteiger partial charge on any atom is -0.377 e. The van der Waals surface area contributed by atoms with Crippen LogP contribution in [0.15, 0.2) is 35.3 Å². The molecule has 1 aromatic rings. The van der Waals surface area contributed by atoms with Crippen molar-refractivity contribution < 1.29 is 4.74 Å². The zero-order chi connectivity index (χ0) is 17.0. The summed E-state index contributed by atoms with van der Waals surface area (Å²) in [6.07, 6.45) is 4.76. The predicted octanol–water partition coefficient (Wildman–Crippen LogP) is 4.30. The van der Waals surface area contributed by atoms with Gasteiger partial charge in [-0.05, 0) is 44.1 Å². The molecule has 1 unspecified atom stereocenters. The molecule has 1 fully saturated rings. The molecule has 0 aromatic heterocycles. The maximum absolute atomic E-state index is 5.73. The van der Waals surface area contributed by atoms with E-state index in [1.54, 1.807) is 0 Å². The van der Waals surface area contributed by atoms with Crippen molar-refractivity contribution in [2.45, 2.75) is 46.1 Å². The SMILES string of the molecule is CCNC(=NCCCCOCc1ccccc1)N1CCCC(C)C1.I. The number of likely N-dealkylation sites (tertiary alicyclic amines) is 1. The van der Waals surface area contributed by atoms with E-state index >= 15 is 0 Å². The molecule has 0 saturated carbocycles. The molecular weight excluding hydrogens is 425 g/mol. The first kappa shape index (κ1) is 22.2. The molecule has 1 N–H and O–H groups in total. The van der Waals surface area contributed by atoms with Crippen LogP contribution in [0.2, 0.25) is 0 Å². The van der Waals surface area contributed by atoms with Crippen molar-refractivity contribution in [3.63, 3.8) is 0 Å². The first-order valence-corrected chi connectivity index (χ1v) is 9.44. The lowest BCUT2D eigenvalue weighted by Crippen LogP contribution is -2.46. The number of hydrogen-bond donors (Lipinski definition) is 1. The first-order valence-electron chi connectivity index (χ1n) is 9.44. The second-order valence-corrected chi connectivity index (χ2v) is 6.67. The van der Waals surface area contributed by atoms with Crippen LogP contribution < -0.4 is 5.32 Å². The van der Waals surface area contributed by atoms with E-state index < -0.39 is 0 Å². The van der Waals surface area contributed by atoms with E-state index in [1.807, 2.05) is 6.07 Å². The number of halogens is 1. The maximum atomic E-state index is 5.73. The Kier molecular flexibility index (Phi) is 11.9. The van der Waals surface area contributed by atoms with Crippen molar-refractivity contribution in [3.8, 4) is 0 Å². The molecule has 4 nitrogen and oxygen atoms in total. The number of guanidine groups is 1. The van der Waals surface area contributed by atoms with Gasteiger partial charge in [0.2, 0.25) is 0 Å². The van der Waals surface area contributed by atoms with Gasteiger partial charge < -0.3 is 15.0 Å². The number of piperidine rings is 1. The lowest BCUT2D eigenvalue weighted by Gasteiger charge is -2.33. The molecule has 0 bridgehead atoms. The van der Waals surface area contributed by atoms with Crippen molar-refractivity contribution in [2.75, 3.05) is 32.8 Å². The van der Waals surface area contributed by atoms with Gasteiger partial charge in [0, 0.05) is 32.8 Å². The summed E-state index contributed by atoms with van der Waals surface area (Å²) in [7, 11) is 0. The zero-order valence-corrected chi connectivity index (χ0v) is 18.1. The van der Waals surface area contributed by atoms with Gasteiger partial charge in [0.25, 0.3) is 0 Å². The van der Waals surface area contributed by atoms with E-state index in [2.05, 4.69) is 48.3 Å². The molecular formula is C20H34IN3O. The Morgan fingerprint density at radius 3 is 2.80 bits per heavy atom. The van der Waals surface area contributed by atoms with Gasteiger partial charge >= 0.3 is 0 Å². The Bertz CT molecular complexity index is 481. The summed E-state index contributed by atoms with van der Waals surface area (Å²) in [4.78, 5) is 7.22. The largest absolute Gasteiger partial charge is 0.377 e. The number of ether oxygens (including phenoxy) is 1. The van der Waals surface area contributed by atoms with Crippen LogP contribution in [0, 0.1) is 5.92 Å². The first-order chi connectivity index (χ1) is 11.8. The van der Waals surface area contributed by atoms with Crippen molar-refractivity contribution in [3.05, 3.63) is 35.9 Å². The lowest BCUT2D eigenvalue weighted by atomic mass is 10.0. The van der Waals surface area contributed by atoms with Crippen LogP contribution in [0.4, 0.5) is 0 Å². The fourth-order valence-electron chi connectivity index (χ4n) is 3.07. The molecule has 142 valence electrons. The summed E-state index contributed by atoms with van der Waals surface area (Å²) in [6, 6.07) is 10.3. The van der Waals surface area contributed by atoms with Crippen molar-refractivity contribution in [1.82, 2.24) is 10.2 Å². The van der Waals surface area contributed by atoms with Crippen molar-refractivity contribution in [2.24, 2.45) is 10.9 Å². The van der Waals surface area contributed by atoms with Crippen LogP contribution in [-0.4, -0.2) is 43.6 Å². The van der Waals surface area contributed by atoms with Crippen LogP contribution >= 0.6 is 24.0 Å². The van der Waals surface area contributed by atoms with Gasteiger partial charge in [-0.3, -0.25) is 4.99 Å². The van der Waals surface area contributed by atoms with E-state index in [9.17, 15) is 0 Å². The van der Waals surface area contributed by atoms with Crippen LogP contribution in [0.1, 0.15) is 45.1 Å². The summed E-state index contributed by atoms with van der Waals surface area (Å²) in [5, 5.41) is 3.44. The number of nitrogens with one attached hydrogen (secondary N) is 1. The molecule has 0 amide bonds. The molecule has 1 aliphatic heterocycles. The van der Waals surface area contributed by atoms with Crippen molar-refractivity contribution in [1.29, 1.82) is 0 Å². The molecule has 1 heterocycles. The third kappa shape index (κ3) is 8.90. The fraction of sp³-hybridized carbons (Fsp3) is 0.650. The van der Waals surface area contributed by atoms with Crippen molar-refractivity contribution >= 4 is 29.9 Å². The monoisotopic (exact) mass is 459 g/mol. The van der Waals surface area contributed by atoms with Crippen LogP contribution in [-0.2, 0) is 11.3 Å². The second-order valence-electron chi connectivity index (χ2n) is 6.67. The normalized spacial score (nSPS) is 17.9. The summed E-state index contributed by atoms with van der Waals surface area (Å²) in [6.45, 7) is 10.1. The van der Waals surface area contributed by atoms with E-state index in [-0.39, 0.29) is 24.0 Å². The van der Waals surface area contributed by atoms with Gasteiger partial charge in [-0.25, -0.2) is 0 Å². The summed E-state index contributed by atoms with van der Waals surface area (Å²) < 4.78 is 5.73. The number of hydrogen-bond acceptors (Lipinski definition) is 2. The predicted molar refractivity (Wildman–Crippen MR) is 117 cm³/mol. The number of aliphatic imine (C=N–C) groups is 1. The Morgan fingerprint density at radius 2 is 2.08 bits per heavy atom. The number of rotatable bonds is 8. The van der Waals surface area contributed by atoms with Gasteiger partial charge in [0.1, 0.15) is 0 Å². The van der Waals surface area contributed by atoms with Gasteiger partial charge in [-0.2, -0.15) is 0 Å². The summed E-state index contributed by atoms with van der Waals surface area (Å²) in [5.41, 5.74) is 1.24. The standard InChI is InChI=1S/C20H33N3O.HI/c1-3-21-20(23-14-9-10-18(2)16-23)22-13-7-8-15-24-17-19-11-5-4-6-12-19;/h4-6,11-12,18H,3,7-10,13-17H2,1-2H3,(H,21,22);1H. The molecule has 2 rings (SSSR count). The maximum Gasteiger partial charge on any atom is 0.193 e. The molecule has 0 spiro atoms. The molecule has 0 radical (unpaired) electrons. The molecule has 0 aliphatic carbocycles. The van der Waals surface area contributed by atoms with Crippen LogP contribution in [0.3, 0.4) is 0 Å². The van der Waals surface area contributed by atoms with E-state index in [0.29, 0.717) is 6.61 Å². The second kappa shape index (κ2) is 13.4. The molecule has 1 aliphatic rings. The lowest BCUT2D eigenvalue weighted by molar-refractivity contribution is 0.117. The Labute approximate surface area is 170 Å². The smallest absolute Gasteiger partial charge is 0.193 e. The zero-order valence-electron chi connectivity index (χ0n) is 15.7. The highest BCUT2D eigenvalue weighted by atomic mass is 127. The molecule has 5 heteroatoms. The minimum absolute atomic E-state index is 0. The van der Waals surface area contributed by atoms with Gasteiger partial charge in [0.15, 0.2) is 5.96 Å². The molecule has 1 saturated heterocycles. The van der Waals surface area contributed by atoms with Gasteiger partial charge in [-0.15, -0.1) is 24.0 Å². The third-order valence-corrected chi connectivity index (χ3v) is 4.36.